The van der Waals surface area contributed by atoms with Gasteiger partial charge in [-0.2, -0.15) is 8.42 Å². The summed E-state index contributed by atoms with van der Waals surface area (Å²) in [6.45, 7) is 2.00. The number of aromatic nitrogens is 2. The van der Waals surface area contributed by atoms with E-state index >= 15 is 0 Å². The van der Waals surface area contributed by atoms with E-state index < -0.39 is 10.1 Å². The van der Waals surface area contributed by atoms with Gasteiger partial charge in [-0.05, 0) is 31.2 Å². The Morgan fingerprint density at radius 3 is 2.22 bits per heavy atom. The van der Waals surface area contributed by atoms with Crippen molar-refractivity contribution in [1.29, 1.82) is 0 Å². The molecule has 2 aromatic carbocycles. The number of benzene rings is 2. The van der Waals surface area contributed by atoms with Crippen LogP contribution in [0.3, 0.4) is 0 Å². The minimum absolute atomic E-state index is 0.163. The lowest BCUT2D eigenvalue weighted by Crippen LogP contribution is -2.00. The molecule has 0 amide bonds. The molecule has 0 saturated carbocycles. The van der Waals surface area contributed by atoms with Crippen molar-refractivity contribution in [3.8, 4) is 16.9 Å². The Balaban J connectivity index is 2.10. The Bertz CT molecular complexity index is 946. The fourth-order valence-electron chi connectivity index (χ4n) is 2.27. The van der Waals surface area contributed by atoms with E-state index in [1.165, 1.54) is 12.1 Å². The van der Waals surface area contributed by atoms with Crippen LogP contribution >= 0.6 is 11.6 Å². The van der Waals surface area contributed by atoms with Gasteiger partial charge in [0.2, 0.25) is 0 Å². The minimum atomic E-state index is -4.21. The first-order valence-electron chi connectivity index (χ1n) is 6.74. The molecule has 0 radical (unpaired) electrons. The molecule has 118 valence electrons. The number of hydrogen-bond donors (Lipinski definition) is 1. The molecule has 23 heavy (non-hydrogen) atoms. The van der Waals surface area contributed by atoms with Gasteiger partial charge in [0.15, 0.2) is 5.15 Å². The first kappa shape index (κ1) is 15.7. The van der Waals surface area contributed by atoms with E-state index in [-0.39, 0.29) is 4.90 Å². The first-order valence-corrected chi connectivity index (χ1v) is 8.56. The Kier molecular flexibility index (Phi) is 3.97. The number of hydrogen-bond acceptors (Lipinski definition) is 3. The second-order valence-electron chi connectivity index (χ2n) is 5.09. The maximum atomic E-state index is 11.1. The van der Waals surface area contributed by atoms with Gasteiger partial charge in [0.25, 0.3) is 10.1 Å². The molecule has 3 aromatic rings. The number of nitrogens with zero attached hydrogens (tertiary/aromatic N) is 2. The second-order valence-corrected chi connectivity index (χ2v) is 6.87. The summed E-state index contributed by atoms with van der Waals surface area (Å²) in [6.07, 6.45) is 1.57. The smallest absolute Gasteiger partial charge is 0.294 e. The van der Waals surface area contributed by atoms with Crippen molar-refractivity contribution in [3.63, 3.8) is 0 Å². The zero-order valence-corrected chi connectivity index (χ0v) is 13.7. The van der Waals surface area contributed by atoms with Crippen LogP contribution in [0.2, 0.25) is 5.15 Å². The predicted octanol–water partition coefficient (Wildman–Crippen LogP) is 3.75. The fourth-order valence-corrected chi connectivity index (χ4v) is 2.99. The number of aryl methyl sites for hydroxylation is 1. The molecule has 0 spiro atoms. The van der Waals surface area contributed by atoms with E-state index in [0.717, 1.165) is 11.1 Å². The molecule has 0 aliphatic carbocycles. The van der Waals surface area contributed by atoms with Crippen molar-refractivity contribution in [1.82, 2.24) is 9.55 Å². The van der Waals surface area contributed by atoms with Crippen LogP contribution in [0.15, 0.2) is 59.8 Å². The van der Waals surface area contributed by atoms with Crippen molar-refractivity contribution in [2.75, 3.05) is 0 Å². The number of imidazole rings is 1. The Morgan fingerprint density at radius 1 is 1.04 bits per heavy atom. The Hall–Kier alpha value is -2.15. The largest absolute Gasteiger partial charge is 0.297 e. The van der Waals surface area contributed by atoms with Crippen molar-refractivity contribution in [2.24, 2.45) is 0 Å². The number of halogens is 1. The third-order valence-electron chi connectivity index (χ3n) is 3.46. The number of rotatable bonds is 3. The summed E-state index contributed by atoms with van der Waals surface area (Å²) in [6, 6.07) is 13.7. The average Bonchev–Trinajstić information content (AvgIpc) is 2.89. The summed E-state index contributed by atoms with van der Waals surface area (Å²) >= 11 is 6.21. The molecular weight excluding hydrogens is 336 g/mol. The van der Waals surface area contributed by atoms with Gasteiger partial charge >= 0.3 is 0 Å². The van der Waals surface area contributed by atoms with Gasteiger partial charge < -0.3 is 0 Å². The fraction of sp³-hybridized carbons (Fsp3) is 0.0625. The van der Waals surface area contributed by atoms with Crippen LogP contribution in [0.25, 0.3) is 16.9 Å². The Labute approximate surface area is 138 Å². The van der Waals surface area contributed by atoms with E-state index in [1.807, 2.05) is 31.2 Å². The molecule has 0 aliphatic rings. The highest BCUT2D eigenvalue weighted by atomic mass is 35.5. The third kappa shape index (κ3) is 3.14. The van der Waals surface area contributed by atoms with E-state index in [0.29, 0.717) is 16.5 Å². The van der Waals surface area contributed by atoms with Gasteiger partial charge in [-0.15, -0.1) is 0 Å². The van der Waals surface area contributed by atoms with Gasteiger partial charge in [-0.3, -0.25) is 9.12 Å². The lowest BCUT2D eigenvalue weighted by molar-refractivity contribution is 0.483. The molecule has 0 unspecified atom stereocenters. The standard InChI is InChI=1S/C16H13ClN2O3S/c1-11-2-4-12(5-3-11)15-16(17)18-10-19(15)13-6-8-14(9-7-13)23(20,21)22/h2-10H,1H3,(H,20,21,22). The van der Waals surface area contributed by atoms with Gasteiger partial charge in [-0.25, -0.2) is 4.98 Å². The highest BCUT2D eigenvalue weighted by molar-refractivity contribution is 7.85. The molecule has 0 saturated heterocycles. The van der Waals surface area contributed by atoms with Crippen LogP contribution in [0.4, 0.5) is 0 Å². The van der Waals surface area contributed by atoms with Crippen molar-refractivity contribution in [2.45, 2.75) is 11.8 Å². The summed E-state index contributed by atoms with van der Waals surface area (Å²) in [5, 5.41) is 0.354. The van der Waals surface area contributed by atoms with Crippen LogP contribution in [0, 0.1) is 6.92 Å². The van der Waals surface area contributed by atoms with E-state index in [1.54, 1.807) is 23.0 Å². The highest BCUT2D eigenvalue weighted by Gasteiger charge is 2.14. The van der Waals surface area contributed by atoms with Gasteiger partial charge in [0.1, 0.15) is 6.33 Å². The van der Waals surface area contributed by atoms with E-state index in [9.17, 15) is 8.42 Å². The highest BCUT2D eigenvalue weighted by Crippen LogP contribution is 2.30. The zero-order valence-electron chi connectivity index (χ0n) is 12.1. The quantitative estimate of drug-likeness (QED) is 0.732. The van der Waals surface area contributed by atoms with E-state index in [4.69, 9.17) is 16.2 Å². The molecule has 1 N–H and O–H groups in total. The monoisotopic (exact) mass is 348 g/mol. The topological polar surface area (TPSA) is 72.2 Å². The maximum Gasteiger partial charge on any atom is 0.294 e. The molecule has 1 heterocycles. The SMILES string of the molecule is Cc1ccc(-c2c(Cl)ncn2-c2ccc(S(=O)(=O)O)cc2)cc1. The molecule has 3 rings (SSSR count). The summed E-state index contributed by atoms with van der Waals surface area (Å²) in [5.74, 6) is 0. The summed E-state index contributed by atoms with van der Waals surface area (Å²) in [7, 11) is -4.21. The molecule has 5 nitrogen and oxygen atoms in total. The second kappa shape index (κ2) is 5.81. The van der Waals surface area contributed by atoms with Gasteiger partial charge in [0, 0.05) is 11.3 Å². The van der Waals surface area contributed by atoms with Crippen molar-refractivity contribution in [3.05, 3.63) is 65.6 Å². The van der Waals surface area contributed by atoms with Crippen molar-refractivity contribution >= 4 is 21.7 Å². The lowest BCUT2D eigenvalue weighted by atomic mass is 10.1. The van der Waals surface area contributed by atoms with Crippen LogP contribution in [0.1, 0.15) is 5.56 Å². The predicted molar refractivity (Wildman–Crippen MR) is 88.6 cm³/mol. The lowest BCUT2D eigenvalue weighted by Gasteiger charge is -2.09. The van der Waals surface area contributed by atoms with Crippen LogP contribution < -0.4 is 0 Å². The summed E-state index contributed by atoms with van der Waals surface area (Å²) < 4.78 is 33.1. The molecule has 0 fully saturated rings. The zero-order chi connectivity index (χ0) is 16.6. The minimum Gasteiger partial charge on any atom is -0.297 e. The molecule has 0 bridgehead atoms. The van der Waals surface area contributed by atoms with Crippen LogP contribution in [0.5, 0.6) is 0 Å². The van der Waals surface area contributed by atoms with Crippen LogP contribution in [-0.4, -0.2) is 22.5 Å². The van der Waals surface area contributed by atoms with Crippen molar-refractivity contribution < 1.29 is 13.0 Å². The molecule has 1 aromatic heterocycles. The molecular formula is C16H13ClN2O3S. The van der Waals surface area contributed by atoms with E-state index in [2.05, 4.69) is 4.98 Å². The van der Waals surface area contributed by atoms with Gasteiger partial charge in [0.05, 0.1) is 10.6 Å². The van der Waals surface area contributed by atoms with Crippen LogP contribution in [-0.2, 0) is 10.1 Å². The molecule has 7 heteroatoms. The Morgan fingerprint density at radius 2 is 1.65 bits per heavy atom. The molecule has 0 aliphatic heterocycles. The third-order valence-corrected chi connectivity index (χ3v) is 4.61. The van der Waals surface area contributed by atoms with Gasteiger partial charge in [-0.1, -0.05) is 41.4 Å². The normalized spacial score (nSPS) is 11.6. The summed E-state index contributed by atoms with van der Waals surface area (Å²) in [4.78, 5) is 3.96. The maximum absolute atomic E-state index is 11.1. The average molecular weight is 349 g/mol. The molecule has 0 atom stereocenters. The summed E-state index contributed by atoms with van der Waals surface area (Å²) in [5.41, 5.74) is 3.43. The first-order chi connectivity index (χ1) is 10.9.